The topological polar surface area (TPSA) is 47.9 Å². The van der Waals surface area contributed by atoms with Gasteiger partial charge in [0.1, 0.15) is 23.4 Å². The lowest BCUT2D eigenvalue weighted by molar-refractivity contribution is 0.0653. The molecule has 2 aromatic carbocycles. The monoisotopic (exact) mass is 286 g/mol. The Bertz CT molecular complexity index is 638. The van der Waals surface area contributed by atoms with Gasteiger partial charge in [0.2, 0.25) is 0 Å². The van der Waals surface area contributed by atoms with E-state index in [-0.39, 0.29) is 6.10 Å². The Hall–Kier alpha value is -2.20. The first kappa shape index (κ1) is 13.8. The molecule has 1 heterocycles. The molecule has 0 fully saturated rings. The lowest BCUT2D eigenvalue weighted by atomic mass is 9.95. The summed E-state index contributed by atoms with van der Waals surface area (Å²) in [7, 11) is 3.24. The molecule has 1 N–H and O–H groups in total. The highest BCUT2D eigenvalue weighted by Gasteiger charge is 2.28. The first-order valence-electron chi connectivity index (χ1n) is 6.88. The number of aliphatic hydroxyl groups is 1. The van der Waals surface area contributed by atoms with Gasteiger partial charge in [-0.1, -0.05) is 12.1 Å². The lowest BCUT2D eigenvalue weighted by Crippen LogP contribution is -2.19. The molecule has 0 saturated heterocycles. The third-order valence-electron chi connectivity index (χ3n) is 3.75. The van der Waals surface area contributed by atoms with E-state index in [4.69, 9.17) is 14.2 Å². The smallest absolute Gasteiger partial charge is 0.127 e. The molecule has 0 aromatic heterocycles. The molecule has 2 aromatic rings. The summed E-state index contributed by atoms with van der Waals surface area (Å²) in [6.07, 6.45) is -0.246. The zero-order valence-corrected chi connectivity index (χ0v) is 12.1. The normalized spacial score (nSPS) is 20.3. The van der Waals surface area contributed by atoms with Crippen molar-refractivity contribution >= 4 is 0 Å². The van der Waals surface area contributed by atoms with Gasteiger partial charge in [-0.05, 0) is 35.9 Å². The van der Waals surface area contributed by atoms with Crippen LogP contribution in [-0.2, 0) is 0 Å². The molecule has 110 valence electrons. The van der Waals surface area contributed by atoms with Crippen LogP contribution in [0.3, 0.4) is 0 Å². The van der Waals surface area contributed by atoms with Crippen molar-refractivity contribution in [2.24, 2.45) is 0 Å². The fourth-order valence-corrected chi connectivity index (χ4v) is 2.60. The van der Waals surface area contributed by atoms with Gasteiger partial charge in [-0.3, -0.25) is 0 Å². The fraction of sp³-hybridized carbons (Fsp3) is 0.294. The average Bonchev–Trinajstić information content (AvgIpc) is 2.54. The van der Waals surface area contributed by atoms with Crippen molar-refractivity contribution in [3.8, 4) is 17.2 Å². The molecule has 1 aliphatic heterocycles. The number of fused-ring (bicyclic) bond motifs is 1. The Morgan fingerprint density at radius 2 is 1.81 bits per heavy atom. The standard InChI is InChI=1S/C17H18O4/c1-19-12-5-3-4-11(8-12)17-10-15(18)14-9-13(20-2)6-7-16(14)21-17/h3-9,15,17-18H,10H2,1-2H3. The van der Waals surface area contributed by atoms with Gasteiger partial charge in [0.05, 0.1) is 20.3 Å². The summed E-state index contributed by atoms with van der Waals surface area (Å²) in [5.74, 6) is 2.20. The molecule has 2 atom stereocenters. The van der Waals surface area contributed by atoms with Crippen molar-refractivity contribution in [3.05, 3.63) is 53.6 Å². The molecule has 1 aliphatic rings. The van der Waals surface area contributed by atoms with Crippen LogP contribution in [0.5, 0.6) is 17.2 Å². The summed E-state index contributed by atoms with van der Waals surface area (Å²) in [5.41, 5.74) is 1.77. The zero-order chi connectivity index (χ0) is 14.8. The molecular formula is C17H18O4. The van der Waals surface area contributed by atoms with Crippen LogP contribution in [0.15, 0.2) is 42.5 Å². The number of aliphatic hydroxyl groups excluding tert-OH is 1. The van der Waals surface area contributed by atoms with Gasteiger partial charge in [0.15, 0.2) is 0 Å². The van der Waals surface area contributed by atoms with E-state index in [0.717, 1.165) is 22.6 Å². The van der Waals surface area contributed by atoms with Crippen LogP contribution >= 0.6 is 0 Å². The Kier molecular flexibility index (Phi) is 3.71. The molecule has 4 nitrogen and oxygen atoms in total. The van der Waals surface area contributed by atoms with Crippen LogP contribution in [0.2, 0.25) is 0 Å². The maximum Gasteiger partial charge on any atom is 0.127 e. The molecular weight excluding hydrogens is 268 g/mol. The molecule has 0 saturated carbocycles. The predicted octanol–water partition coefficient (Wildman–Crippen LogP) is 3.26. The van der Waals surface area contributed by atoms with E-state index in [1.54, 1.807) is 14.2 Å². The molecule has 0 radical (unpaired) electrons. The second-order valence-corrected chi connectivity index (χ2v) is 5.04. The highest BCUT2D eigenvalue weighted by molar-refractivity contribution is 5.44. The largest absolute Gasteiger partial charge is 0.497 e. The summed E-state index contributed by atoms with van der Waals surface area (Å²) in [4.78, 5) is 0. The van der Waals surface area contributed by atoms with Crippen molar-refractivity contribution < 1.29 is 19.3 Å². The maximum absolute atomic E-state index is 10.4. The van der Waals surface area contributed by atoms with Gasteiger partial charge in [0.25, 0.3) is 0 Å². The van der Waals surface area contributed by atoms with Gasteiger partial charge in [-0.2, -0.15) is 0 Å². The van der Waals surface area contributed by atoms with Crippen molar-refractivity contribution in [1.29, 1.82) is 0 Å². The Balaban J connectivity index is 1.90. The Morgan fingerprint density at radius 3 is 2.57 bits per heavy atom. The van der Waals surface area contributed by atoms with Crippen molar-refractivity contribution in [3.63, 3.8) is 0 Å². The van der Waals surface area contributed by atoms with E-state index in [0.29, 0.717) is 12.2 Å². The molecule has 2 unspecified atom stereocenters. The SMILES string of the molecule is COc1cccc(C2CC(O)c3cc(OC)ccc3O2)c1. The minimum Gasteiger partial charge on any atom is -0.497 e. The molecule has 3 rings (SSSR count). The average molecular weight is 286 g/mol. The summed E-state index contributed by atoms with van der Waals surface area (Å²) in [5, 5.41) is 10.4. The number of hydrogen-bond donors (Lipinski definition) is 1. The second kappa shape index (κ2) is 5.66. The van der Waals surface area contributed by atoms with E-state index in [2.05, 4.69) is 0 Å². The quantitative estimate of drug-likeness (QED) is 0.941. The van der Waals surface area contributed by atoms with E-state index >= 15 is 0 Å². The van der Waals surface area contributed by atoms with E-state index in [1.165, 1.54) is 0 Å². The van der Waals surface area contributed by atoms with E-state index < -0.39 is 6.10 Å². The maximum atomic E-state index is 10.4. The van der Waals surface area contributed by atoms with Crippen LogP contribution in [-0.4, -0.2) is 19.3 Å². The van der Waals surface area contributed by atoms with Crippen LogP contribution < -0.4 is 14.2 Å². The highest BCUT2D eigenvalue weighted by Crippen LogP contribution is 2.42. The lowest BCUT2D eigenvalue weighted by Gasteiger charge is -2.30. The van der Waals surface area contributed by atoms with Crippen LogP contribution in [0.25, 0.3) is 0 Å². The highest BCUT2D eigenvalue weighted by atomic mass is 16.5. The summed E-state index contributed by atoms with van der Waals surface area (Å²) < 4.78 is 16.4. The van der Waals surface area contributed by atoms with Crippen molar-refractivity contribution in [2.75, 3.05) is 14.2 Å². The van der Waals surface area contributed by atoms with Crippen LogP contribution in [0.1, 0.15) is 29.8 Å². The minimum atomic E-state index is -0.569. The van der Waals surface area contributed by atoms with Gasteiger partial charge >= 0.3 is 0 Å². The summed E-state index contributed by atoms with van der Waals surface area (Å²) in [6.45, 7) is 0. The number of hydrogen-bond acceptors (Lipinski definition) is 4. The number of ether oxygens (including phenoxy) is 3. The fourth-order valence-electron chi connectivity index (χ4n) is 2.60. The Labute approximate surface area is 123 Å². The van der Waals surface area contributed by atoms with Gasteiger partial charge in [0, 0.05) is 12.0 Å². The third-order valence-corrected chi connectivity index (χ3v) is 3.75. The van der Waals surface area contributed by atoms with Crippen LogP contribution in [0, 0.1) is 0 Å². The number of benzene rings is 2. The minimum absolute atomic E-state index is 0.184. The van der Waals surface area contributed by atoms with Gasteiger partial charge in [-0.25, -0.2) is 0 Å². The Morgan fingerprint density at radius 1 is 1.05 bits per heavy atom. The molecule has 21 heavy (non-hydrogen) atoms. The molecule has 4 heteroatoms. The first-order valence-corrected chi connectivity index (χ1v) is 6.88. The molecule has 0 amide bonds. The predicted molar refractivity (Wildman–Crippen MR) is 78.9 cm³/mol. The van der Waals surface area contributed by atoms with E-state index in [1.807, 2.05) is 42.5 Å². The third kappa shape index (κ3) is 2.67. The van der Waals surface area contributed by atoms with Gasteiger partial charge < -0.3 is 19.3 Å². The zero-order valence-electron chi connectivity index (χ0n) is 12.1. The van der Waals surface area contributed by atoms with Crippen molar-refractivity contribution in [1.82, 2.24) is 0 Å². The number of methoxy groups -OCH3 is 2. The molecule has 0 bridgehead atoms. The second-order valence-electron chi connectivity index (χ2n) is 5.04. The number of rotatable bonds is 3. The van der Waals surface area contributed by atoms with Crippen molar-refractivity contribution in [2.45, 2.75) is 18.6 Å². The van der Waals surface area contributed by atoms with Gasteiger partial charge in [-0.15, -0.1) is 0 Å². The summed E-state index contributed by atoms with van der Waals surface area (Å²) >= 11 is 0. The van der Waals surface area contributed by atoms with Crippen LogP contribution in [0.4, 0.5) is 0 Å². The summed E-state index contributed by atoms with van der Waals surface area (Å²) in [6, 6.07) is 13.2. The molecule has 0 aliphatic carbocycles. The van der Waals surface area contributed by atoms with E-state index in [9.17, 15) is 5.11 Å². The molecule has 0 spiro atoms. The first-order chi connectivity index (χ1) is 10.2.